The molecule has 25 nitrogen and oxygen atoms in total. The highest BCUT2D eigenvalue weighted by Gasteiger charge is 2.38. The number of carboxylic acid groups (broad SMARTS) is 3. The molecule has 0 radical (unpaired) electrons. The number of carbonyl (C=O) groups is 12. The van der Waals surface area contributed by atoms with Crippen molar-refractivity contribution in [1.29, 1.82) is 0 Å². The number of amides is 9. The number of hydrogen-bond acceptors (Lipinski definition) is 16. The van der Waals surface area contributed by atoms with Gasteiger partial charge in [-0.25, -0.2) is 4.79 Å². The van der Waals surface area contributed by atoms with Crippen LogP contribution in [0.1, 0.15) is 98.8 Å². The summed E-state index contributed by atoms with van der Waals surface area (Å²) in [4.78, 5) is 157. The minimum atomic E-state index is -1.52. The zero-order chi connectivity index (χ0) is 55.5. The average molecular weight is 1090 g/mol. The zero-order valence-electron chi connectivity index (χ0n) is 42.5. The molecule has 1 aliphatic heterocycles. The maximum absolute atomic E-state index is 14.1. The molecule has 11 atom stereocenters. The van der Waals surface area contributed by atoms with Gasteiger partial charge in [-0.2, -0.15) is 36.2 Å². The van der Waals surface area contributed by atoms with Crippen molar-refractivity contribution in [3.63, 3.8) is 0 Å². The van der Waals surface area contributed by atoms with E-state index in [9.17, 15) is 67.7 Å². The summed E-state index contributed by atoms with van der Waals surface area (Å²) in [5.74, 6) is -11.2. The van der Waals surface area contributed by atoms with Crippen LogP contribution in [-0.2, 0) is 57.5 Å². The first-order chi connectivity index (χ1) is 34.4. The van der Waals surface area contributed by atoms with Gasteiger partial charge in [-0.05, 0) is 81.3 Å². The van der Waals surface area contributed by atoms with E-state index in [1.54, 1.807) is 40.2 Å². The Labute approximate surface area is 439 Å². The van der Waals surface area contributed by atoms with Gasteiger partial charge in [-0.3, -0.25) is 52.7 Å². The van der Waals surface area contributed by atoms with E-state index < -0.39 is 157 Å². The van der Waals surface area contributed by atoms with Crippen molar-refractivity contribution in [3.05, 3.63) is 0 Å². The highest BCUT2D eigenvalue weighted by molar-refractivity contribution is 7.98. The summed E-state index contributed by atoms with van der Waals surface area (Å²) < 4.78 is 0. The summed E-state index contributed by atoms with van der Waals surface area (Å²) in [6, 6.07) is -11.2. The monoisotopic (exact) mass is 1090 g/mol. The quantitative estimate of drug-likeness (QED) is 0.0311. The van der Waals surface area contributed by atoms with Gasteiger partial charge in [0.05, 0.1) is 12.6 Å². The minimum Gasteiger partial charge on any atom is -0.481 e. The molecule has 73 heavy (non-hydrogen) atoms. The van der Waals surface area contributed by atoms with Crippen LogP contribution in [0.4, 0.5) is 0 Å². The summed E-state index contributed by atoms with van der Waals surface area (Å²) in [5.41, 5.74) is 5.90. The highest BCUT2D eigenvalue weighted by atomic mass is 32.2. The van der Waals surface area contributed by atoms with Gasteiger partial charge in [0.2, 0.25) is 53.2 Å². The number of nitrogens with one attached hydrogen (secondary N) is 8. The Hall–Kier alpha value is -5.35. The van der Waals surface area contributed by atoms with Crippen LogP contribution in [0.15, 0.2) is 0 Å². The van der Waals surface area contributed by atoms with E-state index in [2.05, 4.69) is 55.2 Å². The Balaban J connectivity index is 3.27. The first-order valence-electron chi connectivity index (χ1n) is 24.1. The van der Waals surface area contributed by atoms with Crippen molar-refractivity contribution in [3.8, 4) is 0 Å². The van der Waals surface area contributed by atoms with E-state index in [-0.39, 0.29) is 44.4 Å². The van der Waals surface area contributed by atoms with Crippen molar-refractivity contribution >= 4 is 107 Å². The largest absolute Gasteiger partial charge is 0.481 e. The summed E-state index contributed by atoms with van der Waals surface area (Å²) in [6.45, 7) is 7.72. The molecule has 1 fully saturated rings. The predicted octanol–water partition coefficient (Wildman–Crippen LogP) is -1.82. The molecule has 28 heteroatoms. The van der Waals surface area contributed by atoms with Crippen LogP contribution in [0.25, 0.3) is 0 Å². The molecule has 0 spiro atoms. The van der Waals surface area contributed by atoms with Crippen molar-refractivity contribution < 1.29 is 72.9 Å². The molecule has 0 aromatic heterocycles. The van der Waals surface area contributed by atoms with Gasteiger partial charge in [0.15, 0.2) is 0 Å². The van der Waals surface area contributed by atoms with E-state index in [4.69, 9.17) is 10.8 Å². The summed E-state index contributed by atoms with van der Waals surface area (Å²) in [5, 5.41) is 48.0. The number of carboxylic acids is 3. The Kier molecular flexibility index (Phi) is 30.8. The van der Waals surface area contributed by atoms with Gasteiger partial charge in [0.25, 0.3) is 0 Å². The number of likely N-dealkylation sites (tertiary alicyclic amines) is 1. The van der Waals surface area contributed by atoms with E-state index in [0.717, 1.165) is 0 Å². The fourth-order valence-corrected chi connectivity index (χ4v) is 8.44. The molecular weight excluding hydrogens is 1020 g/mol. The topological polar surface area (TPSA) is 391 Å². The second-order valence-electron chi connectivity index (χ2n) is 17.7. The molecule has 414 valence electrons. The SMILES string of the molecule is CC[C@H](C)[C@H](NC(=O)[C@H](CCSC)NC(=O)[C@@H](NC(=O)[C@@H](N)CCC(=O)O)[C@@H](C)CC)C(=O)N[C@@H](CCSC)C(=O)N[C@@H](CCC(=O)O)C(=O)NCC(=O)N1CCC[C@H]1C(=O)N[C@@H](C)C(=O)N[C@@H](CS)C(=O)O. The fourth-order valence-electron chi connectivity index (χ4n) is 7.25. The van der Waals surface area contributed by atoms with Crippen LogP contribution in [0.5, 0.6) is 0 Å². The molecule has 0 aromatic rings. The van der Waals surface area contributed by atoms with Crippen molar-refractivity contribution in [2.45, 2.75) is 153 Å². The first-order valence-corrected chi connectivity index (χ1v) is 27.5. The smallest absolute Gasteiger partial charge is 0.327 e. The number of thiol groups is 1. The molecule has 0 aromatic carbocycles. The first kappa shape index (κ1) is 65.7. The Morgan fingerprint density at radius 2 is 1.05 bits per heavy atom. The highest BCUT2D eigenvalue weighted by Crippen LogP contribution is 2.18. The van der Waals surface area contributed by atoms with Crippen LogP contribution in [-0.4, -0.2) is 189 Å². The van der Waals surface area contributed by atoms with Crippen molar-refractivity contribution in [1.82, 2.24) is 47.4 Å². The summed E-state index contributed by atoms with van der Waals surface area (Å²) in [6.07, 6.45) is 3.52. The van der Waals surface area contributed by atoms with E-state index in [1.807, 2.05) is 0 Å². The lowest BCUT2D eigenvalue weighted by Crippen LogP contribution is -2.61. The number of hydrogen-bond donors (Lipinski definition) is 13. The van der Waals surface area contributed by atoms with E-state index in [1.165, 1.54) is 35.3 Å². The molecule has 13 N–H and O–H groups in total. The third-order valence-corrected chi connectivity index (χ3v) is 13.9. The second kappa shape index (κ2) is 34.2. The zero-order valence-corrected chi connectivity index (χ0v) is 45.0. The van der Waals surface area contributed by atoms with Crippen LogP contribution in [0, 0.1) is 11.8 Å². The molecule has 1 aliphatic rings. The molecule has 0 bridgehead atoms. The molecule has 9 amide bonds. The van der Waals surface area contributed by atoms with Crippen LogP contribution in [0.3, 0.4) is 0 Å². The average Bonchev–Trinajstić information content (AvgIpc) is 3.85. The maximum atomic E-state index is 14.1. The Morgan fingerprint density at radius 3 is 1.52 bits per heavy atom. The third-order valence-electron chi connectivity index (χ3n) is 12.2. The molecule has 0 saturated carbocycles. The maximum Gasteiger partial charge on any atom is 0.327 e. The van der Waals surface area contributed by atoms with Gasteiger partial charge in [-0.15, -0.1) is 0 Å². The van der Waals surface area contributed by atoms with E-state index in [0.29, 0.717) is 30.8 Å². The van der Waals surface area contributed by atoms with Gasteiger partial charge in [0.1, 0.15) is 48.3 Å². The van der Waals surface area contributed by atoms with Crippen LogP contribution >= 0.6 is 36.2 Å². The molecule has 0 unspecified atom stereocenters. The van der Waals surface area contributed by atoms with Gasteiger partial charge < -0.3 is 68.5 Å². The molecule has 1 heterocycles. The molecular formula is C45H76N10O15S3. The number of carbonyl (C=O) groups excluding carboxylic acids is 9. The molecule has 1 saturated heterocycles. The Morgan fingerprint density at radius 1 is 0.603 bits per heavy atom. The third kappa shape index (κ3) is 23.2. The fraction of sp³-hybridized carbons (Fsp3) is 0.733. The summed E-state index contributed by atoms with van der Waals surface area (Å²) >= 11 is 6.62. The normalized spacial score (nSPS) is 17.3. The minimum absolute atomic E-state index is 0.0226. The van der Waals surface area contributed by atoms with Gasteiger partial charge in [-0.1, -0.05) is 40.5 Å². The standard InChI is InChI=1S/C45H76N10O15S3/c1-8-23(3)35(53-38(62)26(46)12-14-33(57)58)43(67)51-29(17-20-73-7)41(65)54-36(24(4)9-2)44(68)50-28(16-19-72-6)40(64)49-27(13-15-34(59)60)39(63)47-21-32(56)55-18-10-11-31(55)42(66)48-25(5)37(61)52-30(22-71)45(69)70/h23-31,35-36,71H,8-22,46H2,1-7H3,(H,47,63)(H,48,66)(H,49,64)(H,50,68)(H,51,67)(H,52,61)(H,53,62)(H,54,65)(H,57,58)(H,59,60)(H,69,70)/t23-,24-,25-,26-,27-,28-,29-,30-,31-,35-,36-/m0/s1. The number of thioether (sulfide) groups is 2. The lowest BCUT2D eigenvalue weighted by atomic mass is 9.96. The summed E-state index contributed by atoms with van der Waals surface area (Å²) in [7, 11) is 0. The predicted molar refractivity (Wildman–Crippen MR) is 275 cm³/mol. The number of nitrogens with two attached hydrogens (primary N) is 1. The number of rotatable bonds is 35. The van der Waals surface area contributed by atoms with E-state index >= 15 is 0 Å². The van der Waals surface area contributed by atoms with Gasteiger partial charge in [0, 0.05) is 25.1 Å². The Bertz CT molecular complexity index is 1940. The van der Waals surface area contributed by atoms with Crippen LogP contribution in [0.2, 0.25) is 0 Å². The lowest BCUT2D eigenvalue weighted by Gasteiger charge is -2.30. The second-order valence-corrected chi connectivity index (χ2v) is 20.1. The number of nitrogens with zero attached hydrogens (tertiary/aromatic N) is 1. The number of aliphatic carboxylic acids is 3. The van der Waals surface area contributed by atoms with Gasteiger partial charge >= 0.3 is 17.9 Å². The lowest BCUT2D eigenvalue weighted by molar-refractivity contribution is -0.142. The van der Waals surface area contributed by atoms with Crippen molar-refractivity contribution in [2.75, 3.05) is 42.9 Å². The van der Waals surface area contributed by atoms with Crippen LogP contribution < -0.4 is 48.3 Å². The molecule has 0 aliphatic carbocycles. The molecule has 1 rings (SSSR count). The van der Waals surface area contributed by atoms with Crippen molar-refractivity contribution in [2.24, 2.45) is 17.6 Å².